The summed E-state index contributed by atoms with van der Waals surface area (Å²) in [5, 5.41) is 11.9. The van der Waals surface area contributed by atoms with E-state index in [4.69, 9.17) is 34.0 Å². The number of hydrogen-bond donors (Lipinski definition) is 3. The average Bonchev–Trinajstić information content (AvgIpc) is 2.36. The fraction of sp³-hybridized carbons (Fsp3) is 0.308. The third-order valence-corrected chi connectivity index (χ3v) is 3.24. The van der Waals surface area contributed by atoms with Crippen LogP contribution in [0.1, 0.15) is 29.6 Å². The zero-order chi connectivity index (χ0) is 16.0. The van der Waals surface area contributed by atoms with E-state index in [1.54, 1.807) is 0 Å². The van der Waals surface area contributed by atoms with E-state index in [1.807, 2.05) is 0 Å². The van der Waals surface area contributed by atoms with Gasteiger partial charge in [0.25, 0.3) is 5.91 Å². The van der Waals surface area contributed by atoms with Gasteiger partial charge in [0.15, 0.2) is 0 Å². The average molecular weight is 333 g/mol. The number of primary amides is 1. The van der Waals surface area contributed by atoms with Crippen molar-refractivity contribution in [2.75, 3.05) is 0 Å². The summed E-state index contributed by atoms with van der Waals surface area (Å²) in [6.07, 6.45) is 0.414. The first-order valence-electron chi connectivity index (χ1n) is 6.08. The van der Waals surface area contributed by atoms with Gasteiger partial charge in [0.1, 0.15) is 6.04 Å². The largest absolute Gasteiger partial charge is 0.480 e. The van der Waals surface area contributed by atoms with Crippen LogP contribution in [0, 0.1) is 0 Å². The molecule has 1 aromatic rings. The summed E-state index contributed by atoms with van der Waals surface area (Å²) in [5.41, 5.74) is 5.10. The normalized spacial score (nSPS) is 11.7. The van der Waals surface area contributed by atoms with Crippen molar-refractivity contribution in [2.24, 2.45) is 5.73 Å². The van der Waals surface area contributed by atoms with Crippen molar-refractivity contribution in [1.82, 2.24) is 5.32 Å². The monoisotopic (exact) mass is 332 g/mol. The lowest BCUT2D eigenvalue weighted by Gasteiger charge is -2.14. The Hall–Kier alpha value is -1.79. The highest BCUT2D eigenvalue weighted by atomic mass is 35.5. The molecule has 0 heterocycles. The third-order valence-electron chi connectivity index (χ3n) is 2.70. The van der Waals surface area contributed by atoms with Crippen LogP contribution in [0.25, 0.3) is 0 Å². The first-order chi connectivity index (χ1) is 9.81. The quantitative estimate of drug-likeness (QED) is 0.707. The summed E-state index contributed by atoms with van der Waals surface area (Å²) < 4.78 is 0. The Morgan fingerprint density at radius 1 is 1.29 bits per heavy atom. The topological polar surface area (TPSA) is 109 Å². The van der Waals surface area contributed by atoms with E-state index >= 15 is 0 Å². The van der Waals surface area contributed by atoms with E-state index in [0.29, 0.717) is 5.02 Å². The number of hydrogen-bond acceptors (Lipinski definition) is 3. The summed E-state index contributed by atoms with van der Waals surface area (Å²) in [4.78, 5) is 33.7. The molecule has 6 nitrogen and oxygen atoms in total. The molecule has 1 rings (SSSR count). The minimum absolute atomic E-state index is 0.0569. The van der Waals surface area contributed by atoms with Crippen LogP contribution in [0.3, 0.4) is 0 Å². The number of carboxylic acids is 1. The van der Waals surface area contributed by atoms with Crippen molar-refractivity contribution in [1.29, 1.82) is 0 Å². The lowest BCUT2D eigenvalue weighted by Crippen LogP contribution is -2.41. The Labute approximate surface area is 131 Å². The van der Waals surface area contributed by atoms with Crippen LogP contribution in [-0.4, -0.2) is 28.9 Å². The Balaban J connectivity index is 2.72. The highest BCUT2D eigenvalue weighted by Crippen LogP contribution is 2.21. The summed E-state index contributed by atoms with van der Waals surface area (Å²) in [6, 6.07) is 3.15. The highest BCUT2D eigenvalue weighted by Gasteiger charge is 2.21. The molecule has 0 fully saturated rings. The van der Waals surface area contributed by atoms with Gasteiger partial charge in [-0.05, 0) is 31.0 Å². The van der Waals surface area contributed by atoms with Gasteiger partial charge < -0.3 is 16.2 Å². The first kappa shape index (κ1) is 17.3. The van der Waals surface area contributed by atoms with Gasteiger partial charge in [0.05, 0.1) is 10.6 Å². The van der Waals surface area contributed by atoms with Crippen molar-refractivity contribution in [2.45, 2.75) is 25.3 Å². The highest BCUT2D eigenvalue weighted by molar-refractivity contribution is 6.36. The van der Waals surface area contributed by atoms with Crippen LogP contribution >= 0.6 is 23.2 Å². The standard InChI is InChI=1S/C13H14Cl2N2O4/c14-7-4-5-8(9(15)6-7)12(19)17-10(13(20)21)2-1-3-11(16)18/h4-6,10H,1-3H2,(H2,16,18)(H,17,19)(H,20,21). The van der Waals surface area contributed by atoms with E-state index in [0.717, 1.165) is 0 Å². The zero-order valence-corrected chi connectivity index (χ0v) is 12.4. The van der Waals surface area contributed by atoms with Crippen molar-refractivity contribution in [3.8, 4) is 0 Å². The molecule has 0 spiro atoms. The number of aliphatic carboxylic acids is 1. The summed E-state index contributed by atoms with van der Waals surface area (Å²) >= 11 is 11.6. The van der Waals surface area contributed by atoms with Crippen LogP contribution in [-0.2, 0) is 9.59 Å². The molecule has 114 valence electrons. The summed E-state index contributed by atoms with van der Waals surface area (Å²) in [5.74, 6) is -2.34. The smallest absolute Gasteiger partial charge is 0.326 e. The molecule has 0 bridgehead atoms. The number of benzene rings is 1. The van der Waals surface area contributed by atoms with Gasteiger partial charge in [-0.3, -0.25) is 9.59 Å². The molecule has 0 aliphatic carbocycles. The van der Waals surface area contributed by atoms with Crippen LogP contribution in [0.4, 0.5) is 0 Å². The van der Waals surface area contributed by atoms with E-state index in [2.05, 4.69) is 5.32 Å². The molecule has 0 aliphatic rings. The van der Waals surface area contributed by atoms with E-state index in [-0.39, 0.29) is 29.8 Å². The fourth-order valence-corrected chi connectivity index (χ4v) is 2.14. The molecule has 0 aromatic heterocycles. The van der Waals surface area contributed by atoms with Gasteiger partial charge in [-0.1, -0.05) is 23.2 Å². The van der Waals surface area contributed by atoms with Crippen LogP contribution < -0.4 is 11.1 Å². The first-order valence-corrected chi connectivity index (χ1v) is 6.84. The second-order valence-corrected chi connectivity index (χ2v) is 5.19. The molecule has 0 saturated carbocycles. The molecular weight excluding hydrogens is 319 g/mol. The number of halogens is 2. The lowest BCUT2D eigenvalue weighted by atomic mass is 10.1. The third kappa shape index (κ3) is 5.61. The number of nitrogens with one attached hydrogen (secondary N) is 1. The fourth-order valence-electron chi connectivity index (χ4n) is 1.65. The van der Waals surface area contributed by atoms with Crippen LogP contribution in [0.2, 0.25) is 10.0 Å². The minimum Gasteiger partial charge on any atom is -0.480 e. The molecular formula is C13H14Cl2N2O4. The number of carbonyl (C=O) groups excluding carboxylic acids is 2. The van der Waals surface area contributed by atoms with Gasteiger partial charge in [-0.25, -0.2) is 4.79 Å². The molecule has 4 N–H and O–H groups in total. The Morgan fingerprint density at radius 2 is 1.95 bits per heavy atom. The van der Waals surface area contributed by atoms with Crippen LogP contribution in [0.5, 0.6) is 0 Å². The van der Waals surface area contributed by atoms with Gasteiger partial charge in [-0.2, -0.15) is 0 Å². The van der Waals surface area contributed by atoms with Crippen molar-refractivity contribution >= 4 is 41.0 Å². The van der Waals surface area contributed by atoms with Gasteiger partial charge in [0, 0.05) is 11.4 Å². The number of amides is 2. The Kier molecular flexibility index (Phi) is 6.45. The van der Waals surface area contributed by atoms with Gasteiger partial charge in [-0.15, -0.1) is 0 Å². The molecule has 1 unspecified atom stereocenters. The zero-order valence-electron chi connectivity index (χ0n) is 10.9. The number of rotatable bonds is 7. The maximum atomic E-state index is 12.0. The molecule has 0 aliphatic heterocycles. The maximum absolute atomic E-state index is 12.0. The number of carbonyl (C=O) groups is 3. The van der Waals surface area contributed by atoms with E-state index < -0.39 is 23.8 Å². The molecule has 0 saturated heterocycles. The van der Waals surface area contributed by atoms with E-state index in [9.17, 15) is 14.4 Å². The Bertz CT molecular complexity index is 563. The van der Waals surface area contributed by atoms with Crippen molar-refractivity contribution in [3.05, 3.63) is 33.8 Å². The predicted octanol–water partition coefficient (Wildman–Crippen LogP) is 1.83. The summed E-state index contributed by atoms with van der Waals surface area (Å²) in [7, 11) is 0. The number of carboxylic acid groups (broad SMARTS) is 1. The second-order valence-electron chi connectivity index (χ2n) is 4.35. The van der Waals surface area contributed by atoms with Gasteiger partial charge in [0.2, 0.25) is 5.91 Å². The maximum Gasteiger partial charge on any atom is 0.326 e. The minimum atomic E-state index is -1.20. The second kappa shape index (κ2) is 7.85. The molecule has 1 atom stereocenters. The number of nitrogens with two attached hydrogens (primary N) is 1. The predicted molar refractivity (Wildman–Crippen MR) is 78.4 cm³/mol. The molecule has 1 aromatic carbocycles. The molecule has 8 heteroatoms. The Morgan fingerprint density at radius 3 is 2.48 bits per heavy atom. The summed E-state index contributed by atoms with van der Waals surface area (Å²) in [6.45, 7) is 0. The van der Waals surface area contributed by atoms with Gasteiger partial charge >= 0.3 is 5.97 Å². The SMILES string of the molecule is NC(=O)CCCC(NC(=O)c1ccc(Cl)cc1Cl)C(=O)O. The van der Waals surface area contributed by atoms with Crippen molar-refractivity contribution in [3.63, 3.8) is 0 Å². The molecule has 0 radical (unpaired) electrons. The van der Waals surface area contributed by atoms with Crippen molar-refractivity contribution < 1.29 is 19.5 Å². The molecule has 2 amide bonds. The van der Waals surface area contributed by atoms with Crippen LogP contribution in [0.15, 0.2) is 18.2 Å². The van der Waals surface area contributed by atoms with E-state index in [1.165, 1.54) is 18.2 Å². The lowest BCUT2D eigenvalue weighted by molar-refractivity contribution is -0.139. The molecule has 21 heavy (non-hydrogen) atoms.